The van der Waals surface area contributed by atoms with Crippen molar-refractivity contribution < 1.29 is 9.47 Å². The monoisotopic (exact) mass is 420 g/mol. The molecule has 2 aliphatic rings. The molecule has 0 radical (unpaired) electrons. The maximum absolute atomic E-state index is 5.50. The topological polar surface area (TPSA) is 18.5 Å². The zero-order chi connectivity index (χ0) is 22.0. The van der Waals surface area contributed by atoms with Crippen LogP contribution in [-0.4, -0.2) is 14.2 Å². The molecule has 2 aliphatic carbocycles. The third kappa shape index (κ3) is 2.72. The van der Waals surface area contributed by atoms with E-state index in [-0.39, 0.29) is 0 Å². The number of benzene rings is 4. The quantitative estimate of drug-likeness (QED) is 0.339. The van der Waals surface area contributed by atoms with Crippen molar-refractivity contribution in [2.75, 3.05) is 14.2 Å². The molecule has 2 heteroatoms. The Balaban J connectivity index is 1.68. The molecule has 0 saturated heterocycles. The van der Waals surface area contributed by atoms with E-state index in [1.165, 1.54) is 43.8 Å². The molecule has 2 atom stereocenters. The molecule has 0 bridgehead atoms. The van der Waals surface area contributed by atoms with Gasteiger partial charge in [-0.05, 0) is 104 Å². The number of allylic oxidation sites excluding steroid dienone is 2. The molecule has 160 valence electrons. The zero-order valence-corrected chi connectivity index (χ0v) is 19.2. The molecule has 0 fully saturated rings. The van der Waals surface area contributed by atoms with Gasteiger partial charge in [-0.2, -0.15) is 0 Å². The number of fused-ring (bicyclic) bond motifs is 6. The minimum atomic E-state index is 0.509. The fourth-order valence-electron chi connectivity index (χ4n) is 6.09. The molecular formula is C30H28O2. The van der Waals surface area contributed by atoms with Crippen LogP contribution in [0.25, 0.3) is 32.7 Å². The summed E-state index contributed by atoms with van der Waals surface area (Å²) >= 11 is 0. The van der Waals surface area contributed by atoms with Crippen molar-refractivity contribution in [1.29, 1.82) is 0 Å². The first-order valence-corrected chi connectivity index (χ1v) is 11.5. The summed E-state index contributed by atoms with van der Waals surface area (Å²) < 4.78 is 11.0. The van der Waals surface area contributed by atoms with Crippen molar-refractivity contribution in [3.8, 4) is 11.5 Å². The normalized spacial score (nSPS) is 21.8. The Kier molecular flexibility index (Phi) is 4.33. The second kappa shape index (κ2) is 7.13. The summed E-state index contributed by atoms with van der Waals surface area (Å²) in [5.74, 6) is 2.85. The Morgan fingerprint density at radius 3 is 1.44 bits per heavy atom. The van der Waals surface area contributed by atoms with Gasteiger partial charge in [0.05, 0.1) is 14.2 Å². The predicted molar refractivity (Wildman–Crippen MR) is 134 cm³/mol. The van der Waals surface area contributed by atoms with E-state index >= 15 is 0 Å². The lowest BCUT2D eigenvalue weighted by molar-refractivity contribution is 0.415. The molecule has 2 nitrogen and oxygen atoms in total. The maximum atomic E-state index is 5.50. The summed E-state index contributed by atoms with van der Waals surface area (Å²) in [6.45, 7) is 4.80. The average molecular weight is 421 g/mol. The van der Waals surface area contributed by atoms with Crippen LogP contribution < -0.4 is 9.47 Å². The van der Waals surface area contributed by atoms with Crippen molar-refractivity contribution in [3.05, 3.63) is 82.9 Å². The lowest BCUT2D eigenvalue weighted by Gasteiger charge is -2.19. The summed E-state index contributed by atoms with van der Waals surface area (Å²) in [5, 5.41) is 5.20. The van der Waals surface area contributed by atoms with Gasteiger partial charge in [0.25, 0.3) is 0 Å². The van der Waals surface area contributed by atoms with E-state index in [1.54, 1.807) is 25.4 Å². The fraction of sp³-hybridized carbons (Fsp3) is 0.267. The second-order valence-electron chi connectivity index (χ2n) is 9.41. The zero-order valence-electron chi connectivity index (χ0n) is 19.2. The molecule has 6 rings (SSSR count). The van der Waals surface area contributed by atoms with E-state index in [4.69, 9.17) is 9.47 Å². The van der Waals surface area contributed by atoms with Gasteiger partial charge in [0, 0.05) is 0 Å². The average Bonchev–Trinajstić information content (AvgIpc) is 3.33. The lowest BCUT2D eigenvalue weighted by Crippen LogP contribution is -2.01. The summed E-state index contributed by atoms with van der Waals surface area (Å²) in [5.41, 5.74) is 8.95. The molecule has 0 aromatic heterocycles. The Morgan fingerprint density at radius 2 is 1.03 bits per heavy atom. The van der Waals surface area contributed by atoms with E-state index in [9.17, 15) is 0 Å². The van der Waals surface area contributed by atoms with E-state index in [0.29, 0.717) is 11.8 Å². The van der Waals surface area contributed by atoms with Crippen molar-refractivity contribution in [1.82, 2.24) is 0 Å². The van der Waals surface area contributed by atoms with E-state index in [1.807, 2.05) is 0 Å². The van der Waals surface area contributed by atoms with Crippen molar-refractivity contribution >= 4 is 32.7 Å². The molecule has 0 heterocycles. The Hall–Kier alpha value is -3.26. The number of methoxy groups -OCH3 is 2. The largest absolute Gasteiger partial charge is 0.497 e. The number of hydrogen-bond acceptors (Lipinski definition) is 2. The van der Waals surface area contributed by atoms with Crippen LogP contribution >= 0.6 is 0 Å². The van der Waals surface area contributed by atoms with Gasteiger partial charge in [-0.25, -0.2) is 0 Å². The van der Waals surface area contributed by atoms with Gasteiger partial charge in [0.2, 0.25) is 0 Å². The standard InChI is InChI=1S/C30H28O2/c1-17-13-21-7-5-19-15-23(31-3)9-11-25(19)29(21)27(17)28-18(2)14-22-8-6-20-16-24(32-4)10-12-26(20)30(22)28/h5-12,15-18H,13-14H2,1-4H3/b28-27+. The van der Waals surface area contributed by atoms with Crippen LogP contribution in [-0.2, 0) is 12.8 Å². The number of hydrogen-bond donors (Lipinski definition) is 0. The second-order valence-corrected chi connectivity index (χ2v) is 9.41. The highest BCUT2D eigenvalue weighted by Gasteiger charge is 2.35. The van der Waals surface area contributed by atoms with Gasteiger partial charge in [0.15, 0.2) is 0 Å². The van der Waals surface area contributed by atoms with Crippen LogP contribution in [0, 0.1) is 11.8 Å². The van der Waals surface area contributed by atoms with Crippen LogP contribution in [0.5, 0.6) is 11.5 Å². The number of rotatable bonds is 2. The smallest absolute Gasteiger partial charge is 0.119 e. The minimum Gasteiger partial charge on any atom is -0.497 e. The maximum Gasteiger partial charge on any atom is 0.119 e. The third-order valence-electron chi connectivity index (χ3n) is 7.49. The highest BCUT2D eigenvalue weighted by molar-refractivity contribution is 6.10. The van der Waals surface area contributed by atoms with Crippen LogP contribution in [0.15, 0.2) is 60.7 Å². The van der Waals surface area contributed by atoms with Gasteiger partial charge in [-0.3, -0.25) is 0 Å². The first-order chi connectivity index (χ1) is 15.6. The molecule has 4 aromatic rings. The molecule has 0 N–H and O–H groups in total. The molecule has 2 unspecified atom stereocenters. The van der Waals surface area contributed by atoms with Gasteiger partial charge in [-0.15, -0.1) is 0 Å². The van der Waals surface area contributed by atoms with Gasteiger partial charge in [-0.1, -0.05) is 50.2 Å². The van der Waals surface area contributed by atoms with Crippen LogP contribution in [0.3, 0.4) is 0 Å². The van der Waals surface area contributed by atoms with Crippen LogP contribution in [0.1, 0.15) is 36.1 Å². The number of ether oxygens (including phenoxy) is 2. The van der Waals surface area contributed by atoms with Crippen LogP contribution in [0.2, 0.25) is 0 Å². The molecule has 0 amide bonds. The molecular weight excluding hydrogens is 392 g/mol. The van der Waals surface area contributed by atoms with Crippen molar-refractivity contribution in [3.63, 3.8) is 0 Å². The fourth-order valence-corrected chi connectivity index (χ4v) is 6.09. The highest BCUT2D eigenvalue weighted by atomic mass is 16.5. The van der Waals surface area contributed by atoms with E-state index in [0.717, 1.165) is 24.3 Å². The van der Waals surface area contributed by atoms with Crippen molar-refractivity contribution in [2.45, 2.75) is 26.7 Å². The first-order valence-electron chi connectivity index (χ1n) is 11.5. The predicted octanol–water partition coefficient (Wildman–Crippen LogP) is 7.31. The first kappa shape index (κ1) is 19.4. The van der Waals surface area contributed by atoms with Crippen LogP contribution in [0.4, 0.5) is 0 Å². The lowest BCUT2D eigenvalue weighted by atomic mass is 9.85. The Labute approximate surface area is 189 Å². The molecule has 0 saturated carbocycles. The van der Waals surface area contributed by atoms with Crippen molar-refractivity contribution in [2.24, 2.45) is 11.8 Å². The van der Waals surface area contributed by atoms with E-state index < -0.39 is 0 Å². The van der Waals surface area contributed by atoms with Gasteiger partial charge >= 0.3 is 0 Å². The Morgan fingerprint density at radius 1 is 0.594 bits per heavy atom. The summed E-state index contributed by atoms with van der Waals surface area (Å²) in [7, 11) is 3.47. The summed E-state index contributed by atoms with van der Waals surface area (Å²) in [6, 6.07) is 22.2. The molecule has 0 spiro atoms. The molecule has 32 heavy (non-hydrogen) atoms. The Bertz CT molecular complexity index is 1320. The third-order valence-corrected chi connectivity index (χ3v) is 7.49. The highest BCUT2D eigenvalue weighted by Crippen LogP contribution is 2.52. The summed E-state index contributed by atoms with van der Waals surface area (Å²) in [4.78, 5) is 0. The summed E-state index contributed by atoms with van der Waals surface area (Å²) in [6.07, 6.45) is 2.22. The molecule has 4 aromatic carbocycles. The van der Waals surface area contributed by atoms with Gasteiger partial charge < -0.3 is 9.47 Å². The van der Waals surface area contributed by atoms with Gasteiger partial charge in [0.1, 0.15) is 11.5 Å². The minimum absolute atomic E-state index is 0.509. The molecule has 0 aliphatic heterocycles. The van der Waals surface area contributed by atoms with E-state index in [2.05, 4.69) is 74.5 Å². The SMILES string of the molecule is COc1ccc2c3c(ccc2c1)CC(C)/C3=C1\c2c(ccc3cc(OC)ccc23)CC1C.